The van der Waals surface area contributed by atoms with E-state index in [1.165, 1.54) is 4.68 Å². The molecule has 0 bridgehead atoms. The highest BCUT2D eigenvalue weighted by molar-refractivity contribution is 6.32. The van der Waals surface area contributed by atoms with Crippen molar-refractivity contribution in [3.63, 3.8) is 0 Å². The van der Waals surface area contributed by atoms with Crippen LogP contribution in [0.15, 0.2) is 11.0 Å². The quantitative estimate of drug-likeness (QED) is 0.877. The molecule has 0 amide bonds. The fourth-order valence-corrected chi connectivity index (χ4v) is 2.14. The van der Waals surface area contributed by atoms with Gasteiger partial charge in [0.2, 0.25) is 0 Å². The van der Waals surface area contributed by atoms with Gasteiger partial charge in [0.05, 0.1) is 17.9 Å². The average Bonchev–Trinajstić information content (AvgIpc) is 2.32. The molecule has 0 fully saturated rings. The first-order valence-corrected chi connectivity index (χ1v) is 7.21. The summed E-state index contributed by atoms with van der Waals surface area (Å²) in [5.74, 6) is 0. The molecule has 0 aliphatic heterocycles. The summed E-state index contributed by atoms with van der Waals surface area (Å²) in [7, 11) is 0. The Morgan fingerprint density at radius 2 is 2.05 bits per heavy atom. The lowest BCUT2D eigenvalue weighted by Gasteiger charge is -2.32. The van der Waals surface area contributed by atoms with Gasteiger partial charge in [0, 0.05) is 12.6 Å². The number of rotatable bonds is 5. The van der Waals surface area contributed by atoms with Crippen LogP contribution in [0.4, 0.5) is 5.69 Å². The lowest BCUT2D eigenvalue weighted by atomic mass is 9.85. The smallest absolute Gasteiger partial charge is 0.287 e. The van der Waals surface area contributed by atoms with Crippen molar-refractivity contribution >= 4 is 17.3 Å². The molecule has 20 heavy (non-hydrogen) atoms. The van der Waals surface area contributed by atoms with Gasteiger partial charge in [-0.3, -0.25) is 4.79 Å². The van der Waals surface area contributed by atoms with Crippen molar-refractivity contribution in [3.05, 3.63) is 21.6 Å². The molecular weight excluding hydrogens is 278 g/mol. The number of nitrogens with one attached hydrogen (secondary N) is 1. The second-order valence-electron chi connectivity index (χ2n) is 6.29. The van der Waals surface area contributed by atoms with Crippen LogP contribution in [-0.4, -0.2) is 27.5 Å². The number of hydrogen-bond donors (Lipinski definition) is 2. The van der Waals surface area contributed by atoms with Gasteiger partial charge in [0.1, 0.15) is 5.02 Å². The summed E-state index contributed by atoms with van der Waals surface area (Å²) in [6.07, 6.45) is 2.15. The van der Waals surface area contributed by atoms with Crippen molar-refractivity contribution in [1.29, 1.82) is 0 Å². The van der Waals surface area contributed by atoms with Crippen LogP contribution in [-0.2, 0) is 0 Å². The van der Waals surface area contributed by atoms with Gasteiger partial charge in [-0.05, 0) is 25.7 Å². The number of halogens is 1. The van der Waals surface area contributed by atoms with Gasteiger partial charge in [0.15, 0.2) is 0 Å². The molecule has 114 valence electrons. The molecule has 0 spiro atoms. The fraction of sp³-hybridized carbons (Fsp3) is 0.714. The van der Waals surface area contributed by atoms with Gasteiger partial charge in [-0.15, -0.1) is 0 Å². The van der Waals surface area contributed by atoms with E-state index in [-0.39, 0.29) is 34.7 Å². The minimum atomic E-state index is -0.302. The zero-order valence-corrected chi connectivity index (χ0v) is 13.5. The summed E-state index contributed by atoms with van der Waals surface area (Å²) >= 11 is 6.14. The molecule has 0 aliphatic carbocycles. The maximum absolute atomic E-state index is 12.1. The molecule has 0 aliphatic rings. The third-order valence-electron chi connectivity index (χ3n) is 3.23. The summed E-state index contributed by atoms with van der Waals surface area (Å²) in [5.41, 5.74) is 0.143. The van der Waals surface area contributed by atoms with Crippen LogP contribution < -0.4 is 10.9 Å². The van der Waals surface area contributed by atoms with Gasteiger partial charge >= 0.3 is 0 Å². The van der Waals surface area contributed by atoms with Crippen molar-refractivity contribution in [3.8, 4) is 0 Å². The molecule has 1 heterocycles. The number of aliphatic hydroxyl groups is 1. The second-order valence-corrected chi connectivity index (χ2v) is 6.67. The van der Waals surface area contributed by atoms with E-state index in [1.807, 2.05) is 13.8 Å². The van der Waals surface area contributed by atoms with E-state index < -0.39 is 0 Å². The van der Waals surface area contributed by atoms with Crippen LogP contribution in [0.5, 0.6) is 0 Å². The topological polar surface area (TPSA) is 67.2 Å². The van der Waals surface area contributed by atoms with E-state index in [4.69, 9.17) is 16.7 Å². The molecule has 6 heteroatoms. The normalized spacial score (nSPS) is 13.6. The number of aliphatic hydroxyl groups excluding tert-OH is 1. The third kappa shape index (κ3) is 3.96. The van der Waals surface area contributed by atoms with Gasteiger partial charge in [-0.25, -0.2) is 4.68 Å². The Kier molecular flexibility index (Phi) is 5.59. The number of hydrogen-bond acceptors (Lipinski definition) is 4. The summed E-state index contributed by atoms with van der Waals surface area (Å²) < 4.78 is 1.35. The Balaban J connectivity index is 3.09. The molecule has 1 rings (SSSR count). The van der Waals surface area contributed by atoms with E-state index in [9.17, 15) is 4.79 Å². The van der Waals surface area contributed by atoms with Crippen LogP contribution in [0.3, 0.4) is 0 Å². The highest BCUT2D eigenvalue weighted by atomic mass is 35.5. The van der Waals surface area contributed by atoms with Crippen molar-refractivity contribution in [2.45, 2.75) is 53.1 Å². The van der Waals surface area contributed by atoms with E-state index in [1.54, 1.807) is 6.20 Å². The maximum Gasteiger partial charge on any atom is 0.287 e. The molecule has 0 saturated heterocycles. The van der Waals surface area contributed by atoms with Gasteiger partial charge in [-0.2, -0.15) is 5.10 Å². The van der Waals surface area contributed by atoms with Crippen LogP contribution in [0.2, 0.25) is 5.02 Å². The Labute approximate surface area is 125 Å². The minimum Gasteiger partial charge on any atom is -0.396 e. The largest absolute Gasteiger partial charge is 0.396 e. The summed E-state index contributed by atoms with van der Waals surface area (Å²) in [6.45, 7) is 10.0. The van der Waals surface area contributed by atoms with Crippen LogP contribution >= 0.6 is 11.6 Å². The lowest BCUT2D eigenvalue weighted by Crippen LogP contribution is -2.36. The molecular formula is C14H24ClN3O2. The number of anilines is 1. The SMILES string of the molecule is CC(C)n1ncc(NC(CCO)C(C)(C)C)c(Cl)c1=O. The molecule has 0 radical (unpaired) electrons. The van der Waals surface area contributed by atoms with E-state index in [0.29, 0.717) is 12.1 Å². The van der Waals surface area contributed by atoms with Gasteiger partial charge < -0.3 is 10.4 Å². The zero-order valence-electron chi connectivity index (χ0n) is 12.8. The molecule has 1 atom stereocenters. The minimum absolute atomic E-state index is 0.00102. The van der Waals surface area contributed by atoms with E-state index in [0.717, 1.165) is 0 Å². The highest BCUT2D eigenvalue weighted by Crippen LogP contribution is 2.27. The van der Waals surface area contributed by atoms with Gasteiger partial charge in [0.25, 0.3) is 5.56 Å². The van der Waals surface area contributed by atoms with Crippen molar-refractivity contribution in [1.82, 2.24) is 9.78 Å². The lowest BCUT2D eigenvalue weighted by molar-refractivity contribution is 0.235. The van der Waals surface area contributed by atoms with Crippen molar-refractivity contribution in [2.75, 3.05) is 11.9 Å². The first-order valence-electron chi connectivity index (χ1n) is 6.83. The molecule has 0 saturated carbocycles. The Hall–Kier alpha value is -1.07. The maximum atomic E-state index is 12.1. The highest BCUT2D eigenvalue weighted by Gasteiger charge is 2.25. The monoisotopic (exact) mass is 301 g/mol. The van der Waals surface area contributed by atoms with Crippen molar-refractivity contribution in [2.24, 2.45) is 5.41 Å². The molecule has 1 aromatic rings. The molecule has 2 N–H and O–H groups in total. The average molecular weight is 302 g/mol. The molecule has 1 unspecified atom stereocenters. The molecule has 0 aromatic carbocycles. The summed E-state index contributed by atoms with van der Waals surface area (Å²) in [6, 6.07) is -0.0361. The zero-order chi connectivity index (χ0) is 15.5. The predicted octanol–water partition coefficient (Wildman–Crippen LogP) is 2.69. The summed E-state index contributed by atoms with van der Waals surface area (Å²) in [4.78, 5) is 12.1. The van der Waals surface area contributed by atoms with Gasteiger partial charge in [-0.1, -0.05) is 32.4 Å². The van der Waals surface area contributed by atoms with Crippen LogP contribution in [0.25, 0.3) is 0 Å². The standard InChI is InChI=1S/C14H24ClN3O2/c1-9(2)18-13(20)12(15)10(8-16-18)17-11(6-7-19)14(3,4)5/h8-9,11,17,19H,6-7H2,1-5H3. The Morgan fingerprint density at radius 3 is 2.50 bits per heavy atom. The Bertz CT molecular complexity index is 506. The Morgan fingerprint density at radius 1 is 1.45 bits per heavy atom. The first kappa shape index (κ1) is 17.0. The van der Waals surface area contributed by atoms with Crippen LogP contribution in [0, 0.1) is 5.41 Å². The van der Waals surface area contributed by atoms with Crippen molar-refractivity contribution < 1.29 is 5.11 Å². The predicted molar refractivity (Wildman–Crippen MR) is 82.5 cm³/mol. The fourth-order valence-electron chi connectivity index (χ4n) is 1.95. The molecule has 5 nitrogen and oxygen atoms in total. The molecule has 1 aromatic heterocycles. The van der Waals surface area contributed by atoms with E-state index >= 15 is 0 Å². The van der Waals surface area contributed by atoms with Crippen LogP contribution in [0.1, 0.15) is 47.1 Å². The third-order valence-corrected chi connectivity index (χ3v) is 3.59. The summed E-state index contributed by atoms with van der Waals surface area (Å²) in [5, 5.41) is 16.7. The first-order chi connectivity index (χ1) is 9.18. The number of nitrogens with zero attached hydrogens (tertiary/aromatic N) is 2. The number of aromatic nitrogens is 2. The second kappa shape index (κ2) is 6.59. The van der Waals surface area contributed by atoms with E-state index in [2.05, 4.69) is 31.2 Å².